The van der Waals surface area contributed by atoms with Gasteiger partial charge in [0.05, 0.1) is 11.5 Å². The molecule has 0 aliphatic rings. The average molecular weight is 437 g/mol. The molecular formula is C24H20O4S2. The molecule has 0 unspecified atom stereocenters. The molecule has 0 aromatic heterocycles. The molecule has 0 fully saturated rings. The van der Waals surface area contributed by atoms with Crippen LogP contribution in [-0.2, 0) is 9.59 Å². The lowest BCUT2D eigenvalue weighted by atomic mass is 10.1. The Morgan fingerprint density at radius 1 is 0.567 bits per heavy atom. The van der Waals surface area contributed by atoms with E-state index in [0.29, 0.717) is 0 Å². The van der Waals surface area contributed by atoms with E-state index in [1.54, 1.807) is 0 Å². The summed E-state index contributed by atoms with van der Waals surface area (Å²) in [5.41, 5.74) is 0. The second-order valence-electron chi connectivity index (χ2n) is 6.38. The van der Waals surface area contributed by atoms with E-state index >= 15 is 0 Å². The van der Waals surface area contributed by atoms with Crippen LogP contribution in [0.3, 0.4) is 0 Å². The Bertz CT molecular complexity index is 1080. The number of rotatable bonds is 6. The van der Waals surface area contributed by atoms with Crippen LogP contribution in [0.4, 0.5) is 0 Å². The molecule has 0 spiro atoms. The van der Waals surface area contributed by atoms with Crippen molar-refractivity contribution in [2.75, 3.05) is 11.5 Å². The molecule has 0 bridgehead atoms. The van der Waals surface area contributed by atoms with Gasteiger partial charge in [-0.05, 0) is 45.8 Å². The minimum absolute atomic E-state index is 0.109. The predicted octanol–water partition coefficient (Wildman–Crippen LogP) is 6.03. The molecule has 0 saturated carbocycles. The van der Waals surface area contributed by atoms with E-state index in [2.05, 4.69) is 0 Å². The summed E-state index contributed by atoms with van der Waals surface area (Å²) in [7, 11) is 0. The van der Waals surface area contributed by atoms with Gasteiger partial charge >= 0.3 is 11.9 Å². The molecular weight excluding hydrogens is 416 g/mol. The van der Waals surface area contributed by atoms with Gasteiger partial charge in [0.2, 0.25) is 0 Å². The quantitative estimate of drug-likeness (QED) is 0.359. The number of hydrogen-bond donors (Lipinski definition) is 2. The van der Waals surface area contributed by atoms with Crippen LogP contribution in [0.5, 0.6) is 0 Å². The summed E-state index contributed by atoms with van der Waals surface area (Å²) >= 11 is 2.69. The van der Waals surface area contributed by atoms with Gasteiger partial charge in [-0.1, -0.05) is 60.7 Å². The fourth-order valence-corrected chi connectivity index (χ4v) is 4.13. The van der Waals surface area contributed by atoms with Crippen LogP contribution in [0.15, 0.2) is 94.7 Å². The number of thioether (sulfide) groups is 2. The first-order chi connectivity index (χ1) is 14.5. The van der Waals surface area contributed by atoms with Crippen LogP contribution in [0.1, 0.15) is 0 Å². The lowest BCUT2D eigenvalue weighted by Gasteiger charge is -2.01. The van der Waals surface area contributed by atoms with Gasteiger partial charge in [0.15, 0.2) is 0 Å². The van der Waals surface area contributed by atoms with E-state index in [9.17, 15) is 9.59 Å². The predicted molar refractivity (Wildman–Crippen MR) is 125 cm³/mol. The summed E-state index contributed by atoms with van der Waals surface area (Å²) in [5, 5.41) is 21.8. The second-order valence-corrected chi connectivity index (χ2v) is 8.48. The van der Waals surface area contributed by atoms with Crippen molar-refractivity contribution in [3.8, 4) is 0 Å². The number of carboxylic acids is 2. The molecule has 0 atom stereocenters. The number of benzene rings is 4. The molecule has 0 heterocycles. The maximum atomic E-state index is 10.4. The second kappa shape index (κ2) is 10.7. The Balaban J connectivity index is 0.000000171. The van der Waals surface area contributed by atoms with Gasteiger partial charge in [0.1, 0.15) is 0 Å². The van der Waals surface area contributed by atoms with Crippen molar-refractivity contribution in [3.63, 3.8) is 0 Å². The van der Waals surface area contributed by atoms with E-state index in [1.165, 1.54) is 34.3 Å². The van der Waals surface area contributed by atoms with Crippen LogP contribution in [0.2, 0.25) is 0 Å². The highest BCUT2D eigenvalue weighted by Crippen LogP contribution is 2.24. The monoisotopic (exact) mass is 436 g/mol. The SMILES string of the molecule is O=C(O)CSc1ccc2ccccc2c1.O=C(O)CSc1ccc2ccccc2c1. The van der Waals surface area contributed by atoms with Gasteiger partial charge in [-0.25, -0.2) is 0 Å². The van der Waals surface area contributed by atoms with Crippen LogP contribution in [-0.4, -0.2) is 33.7 Å². The van der Waals surface area contributed by atoms with Gasteiger partial charge < -0.3 is 10.2 Å². The molecule has 4 aromatic carbocycles. The van der Waals surface area contributed by atoms with Gasteiger partial charge in [0, 0.05) is 9.79 Å². The maximum Gasteiger partial charge on any atom is 0.313 e. The average Bonchev–Trinajstić information content (AvgIpc) is 2.76. The van der Waals surface area contributed by atoms with Crippen LogP contribution < -0.4 is 0 Å². The van der Waals surface area contributed by atoms with Crippen LogP contribution in [0, 0.1) is 0 Å². The van der Waals surface area contributed by atoms with E-state index in [1.807, 2.05) is 84.9 Å². The first kappa shape index (κ1) is 21.7. The Kier molecular flexibility index (Phi) is 7.76. The number of fused-ring (bicyclic) bond motifs is 2. The van der Waals surface area contributed by atoms with Crippen molar-refractivity contribution in [1.29, 1.82) is 0 Å². The summed E-state index contributed by atoms with van der Waals surface area (Å²) in [5.74, 6) is -1.35. The van der Waals surface area contributed by atoms with E-state index < -0.39 is 11.9 Å². The first-order valence-electron chi connectivity index (χ1n) is 9.18. The molecule has 152 valence electrons. The van der Waals surface area contributed by atoms with E-state index in [4.69, 9.17) is 10.2 Å². The Morgan fingerprint density at radius 2 is 0.933 bits per heavy atom. The molecule has 4 aromatic rings. The Morgan fingerprint density at radius 3 is 1.30 bits per heavy atom. The normalized spacial score (nSPS) is 10.4. The third-order valence-corrected chi connectivity index (χ3v) is 6.12. The topological polar surface area (TPSA) is 74.6 Å². The molecule has 0 amide bonds. The summed E-state index contributed by atoms with van der Waals surface area (Å²) in [6, 6.07) is 28.1. The van der Waals surface area contributed by atoms with Crippen molar-refractivity contribution in [2.24, 2.45) is 0 Å². The molecule has 0 saturated heterocycles. The number of carbonyl (C=O) groups is 2. The van der Waals surface area contributed by atoms with Gasteiger partial charge in [-0.15, -0.1) is 23.5 Å². The highest BCUT2D eigenvalue weighted by molar-refractivity contribution is 8.00. The molecule has 30 heavy (non-hydrogen) atoms. The zero-order chi connectivity index (χ0) is 21.3. The van der Waals surface area contributed by atoms with Crippen molar-refractivity contribution in [2.45, 2.75) is 9.79 Å². The fraction of sp³-hybridized carbons (Fsp3) is 0.0833. The molecule has 0 aliphatic heterocycles. The molecule has 6 heteroatoms. The highest BCUT2D eigenvalue weighted by atomic mass is 32.2. The summed E-state index contributed by atoms with van der Waals surface area (Å²) in [6.45, 7) is 0. The molecule has 2 N–H and O–H groups in total. The maximum absolute atomic E-state index is 10.4. The van der Waals surface area contributed by atoms with E-state index in [-0.39, 0.29) is 11.5 Å². The van der Waals surface area contributed by atoms with E-state index in [0.717, 1.165) is 20.6 Å². The molecule has 4 nitrogen and oxygen atoms in total. The van der Waals surface area contributed by atoms with Crippen molar-refractivity contribution < 1.29 is 19.8 Å². The zero-order valence-corrected chi connectivity index (χ0v) is 17.7. The number of carboxylic acid groups (broad SMARTS) is 2. The number of aliphatic carboxylic acids is 2. The fourth-order valence-electron chi connectivity index (χ4n) is 2.80. The minimum atomic E-state index is -0.784. The molecule has 0 aliphatic carbocycles. The lowest BCUT2D eigenvalue weighted by molar-refractivity contribution is -0.134. The molecule has 0 radical (unpaired) electrons. The number of hydrogen-bond acceptors (Lipinski definition) is 4. The van der Waals surface area contributed by atoms with Crippen LogP contribution in [0.25, 0.3) is 21.5 Å². The molecule has 4 rings (SSSR count). The summed E-state index contributed by atoms with van der Waals surface area (Å²) in [6.07, 6.45) is 0. The summed E-state index contributed by atoms with van der Waals surface area (Å²) < 4.78 is 0. The van der Waals surface area contributed by atoms with Gasteiger partial charge in [0.25, 0.3) is 0 Å². The Labute approximate surface area is 182 Å². The smallest absolute Gasteiger partial charge is 0.313 e. The highest BCUT2D eigenvalue weighted by Gasteiger charge is 2.01. The third-order valence-electron chi connectivity index (χ3n) is 4.17. The van der Waals surface area contributed by atoms with Gasteiger partial charge in [-0.2, -0.15) is 0 Å². The van der Waals surface area contributed by atoms with Crippen molar-refractivity contribution >= 4 is 57.0 Å². The summed E-state index contributed by atoms with van der Waals surface area (Å²) in [4.78, 5) is 22.8. The van der Waals surface area contributed by atoms with Crippen molar-refractivity contribution in [1.82, 2.24) is 0 Å². The first-order valence-corrected chi connectivity index (χ1v) is 11.2. The zero-order valence-electron chi connectivity index (χ0n) is 16.0. The lowest BCUT2D eigenvalue weighted by Crippen LogP contribution is -1.97. The largest absolute Gasteiger partial charge is 0.481 e. The van der Waals surface area contributed by atoms with Crippen molar-refractivity contribution in [3.05, 3.63) is 84.9 Å². The standard InChI is InChI=1S/2C12H10O2S/c2*13-12(14)8-15-11-6-5-9-3-1-2-4-10(9)7-11/h2*1-7H,8H2,(H,13,14). The van der Waals surface area contributed by atoms with Crippen LogP contribution >= 0.6 is 23.5 Å². The third kappa shape index (κ3) is 6.54. The van der Waals surface area contributed by atoms with Gasteiger partial charge in [-0.3, -0.25) is 9.59 Å². The Hall–Kier alpha value is -2.96. The minimum Gasteiger partial charge on any atom is -0.481 e.